The van der Waals surface area contributed by atoms with E-state index in [0.29, 0.717) is 22.0 Å². The Kier molecular flexibility index (Phi) is 4.20. The van der Waals surface area contributed by atoms with Gasteiger partial charge in [0.15, 0.2) is 0 Å². The van der Waals surface area contributed by atoms with Crippen molar-refractivity contribution in [2.24, 2.45) is 0 Å². The molecule has 4 rings (SSSR count). The molecular formula is C20H17ClN4O2. The van der Waals surface area contributed by atoms with Crippen molar-refractivity contribution in [3.8, 4) is 5.69 Å². The van der Waals surface area contributed by atoms with Gasteiger partial charge in [-0.15, -0.1) is 0 Å². The van der Waals surface area contributed by atoms with Crippen LogP contribution in [0.25, 0.3) is 5.69 Å². The summed E-state index contributed by atoms with van der Waals surface area (Å²) in [5, 5.41) is 7.83. The van der Waals surface area contributed by atoms with Crippen LogP contribution < -0.4 is 10.2 Å². The van der Waals surface area contributed by atoms with Gasteiger partial charge in [-0.1, -0.05) is 23.7 Å². The summed E-state index contributed by atoms with van der Waals surface area (Å²) in [5.41, 5.74) is 4.24. The van der Waals surface area contributed by atoms with Crippen LogP contribution in [0.2, 0.25) is 5.02 Å². The van der Waals surface area contributed by atoms with E-state index in [4.69, 9.17) is 11.6 Å². The van der Waals surface area contributed by atoms with Crippen LogP contribution in [0, 0.1) is 13.8 Å². The van der Waals surface area contributed by atoms with Crippen molar-refractivity contribution in [1.29, 1.82) is 0 Å². The van der Waals surface area contributed by atoms with Crippen LogP contribution in [0.5, 0.6) is 0 Å². The molecule has 0 saturated heterocycles. The third-order valence-electron chi connectivity index (χ3n) is 4.58. The molecule has 136 valence electrons. The maximum absolute atomic E-state index is 13.0. The normalized spacial score (nSPS) is 13.3. The number of nitrogens with one attached hydrogen (secondary N) is 1. The van der Waals surface area contributed by atoms with E-state index < -0.39 is 0 Å². The Morgan fingerprint density at radius 2 is 1.81 bits per heavy atom. The molecule has 1 N–H and O–H groups in total. The molecule has 1 aliphatic heterocycles. The van der Waals surface area contributed by atoms with Crippen LogP contribution in [0.4, 0.5) is 11.4 Å². The summed E-state index contributed by atoms with van der Waals surface area (Å²) in [6, 6.07) is 14.4. The summed E-state index contributed by atoms with van der Waals surface area (Å²) in [4.78, 5) is 26.4. The molecule has 0 aliphatic carbocycles. The third-order valence-corrected chi connectivity index (χ3v) is 5.12. The van der Waals surface area contributed by atoms with Gasteiger partial charge in [0.2, 0.25) is 5.91 Å². The molecule has 27 heavy (non-hydrogen) atoms. The molecule has 0 bridgehead atoms. The molecule has 0 saturated carbocycles. The number of anilines is 2. The highest BCUT2D eigenvalue weighted by atomic mass is 35.5. The van der Waals surface area contributed by atoms with E-state index in [2.05, 4.69) is 10.4 Å². The summed E-state index contributed by atoms with van der Waals surface area (Å²) in [6.45, 7) is 3.73. The molecule has 0 spiro atoms. The van der Waals surface area contributed by atoms with Crippen molar-refractivity contribution in [2.45, 2.75) is 13.8 Å². The lowest BCUT2D eigenvalue weighted by Gasteiger charge is -2.29. The second kappa shape index (κ2) is 6.55. The Labute approximate surface area is 161 Å². The molecule has 2 aromatic carbocycles. The van der Waals surface area contributed by atoms with Crippen LogP contribution in [0.3, 0.4) is 0 Å². The quantitative estimate of drug-likeness (QED) is 0.736. The first-order valence-corrected chi connectivity index (χ1v) is 8.86. The predicted molar refractivity (Wildman–Crippen MR) is 105 cm³/mol. The third kappa shape index (κ3) is 2.98. The van der Waals surface area contributed by atoms with Gasteiger partial charge in [0.1, 0.15) is 6.54 Å². The molecule has 0 radical (unpaired) electrons. The monoisotopic (exact) mass is 380 g/mol. The molecule has 3 aromatic rings. The van der Waals surface area contributed by atoms with Gasteiger partial charge >= 0.3 is 0 Å². The van der Waals surface area contributed by atoms with Gasteiger partial charge in [0, 0.05) is 5.56 Å². The topological polar surface area (TPSA) is 67.2 Å². The summed E-state index contributed by atoms with van der Waals surface area (Å²) in [6.07, 6.45) is 0. The zero-order valence-corrected chi connectivity index (χ0v) is 15.6. The van der Waals surface area contributed by atoms with Gasteiger partial charge in [-0.3, -0.25) is 14.5 Å². The molecule has 0 atom stereocenters. The predicted octanol–water partition coefficient (Wildman–Crippen LogP) is 3.74. The van der Waals surface area contributed by atoms with Crippen LogP contribution in [-0.4, -0.2) is 28.1 Å². The average molecular weight is 381 g/mol. The van der Waals surface area contributed by atoms with Gasteiger partial charge in [0.05, 0.1) is 33.5 Å². The molecule has 1 aromatic heterocycles. The van der Waals surface area contributed by atoms with Gasteiger partial charge in [-0.2, -0.15) is 5.10 Å². The van der Waals surface area contributed by atoms with E-state index in [1.54, 1.807) is 22.9 Å². The average Bonchev–Trinajstić information content (AvgIpc) is 2.94. The molecule has 1 aliphatic rings. The molecule has 6 nitrogen and oxygen atoms in total. The number of rotatable bonds is 2. The largest absolute Gasteiger partial charge is 0.323 e. The highest BCUT2D eigenvalue weighted by molar-refractivity contribution is 6.31. The fourth-order valence-corrected chi connectivity index (χ4v) is 3.31. The number of nitrogens with zero attached hydrogens (tertiary/aromatic N) is 3. The highest BCUT2D eigenvalue weighted by Gasteiger charge is 2.27. The van der Waals surface area contributed by atoms with Crippen molar-refractivity contribution >= 4 is 34.8 Å². The Bertz CT molecular complexity index is 1060. The Balaban J connectivity index is 1.66. The van der Waals surface area contributed by atoms with Gasteiger partial charge < -0.3 is 5.32 Å². The SMILES string of the molecule is Cc1nn(-c2ccc(C(=O)N3CC(=O)Nc4ccccc43)cc2)c(C)c1Cl. The van der Waals surface area contributed by atoms with Crippen molar-refractivity contribution in [2.75, 3.05) is 16.8 Å². The highest BCUT2D eigenvalue weighted by Crippen LogP contribution is 2.30. The van der Waals surface area contributed by atoms with Crippen molar-refractivity contribution in [1.82, 2.24) is 9.78 Å². The van der Waals surface area contributed by atoms with Crippen LogP contribution in [0.1, 0.15) is 21.7 Å². The second-order valence-electron chi connectivity index (χ2n) is 6.40. The maximum atomic E-state index is 13.0. The number of halogens is 1. The van der Waals surface area contributed by atoms with Crippen LogP contribution >= 0.6 is 11.6 Å². The maximum Gasteiger partial charge on any atom is 0.258 e. The first kappa shape index (κ1) is 17.3. The van der Waals surface area contributed by atoms with Gasteiger partial charge in [-0.25, -0.2) is 4.68 Å². The number of hydrogen-bond donors (Lipinski definition) is 1. The second-order valence-corrected chi connectivity index (χ2v) is 6.78. The van der Waals surface area contributed by atoms with E-state index in [-0.39, 0.29) is 18.4 Å². The van der Waals surface area contributed by atoms with E-state index in [9.17, 15) is 9.59 Å². The molecule has 7 heteroatoms. The fraction of sp³-hybridized carbons (Fsp3) is 0.150. The number of aryl methyl sites for hydroxylation is 1. The summed E-state index contributed by atoms with van der Waals surface area (Å²) >= 11 is 6.21. The van der Waals surface area contributed by atoms with E-state index in [0.717, 1.165) is 17.1 Å². The molecule has 0 unspecified atom stereocenters. The summed E-state index contributed by atoms with van der Waals surface area (Å²) in [5.74, 6) is -0.439. The smallest absolute Gasteiger partial charge is 0.258 e. The minimum Gasteiger partial charge on any atom is -0.323 e. The standard InChI is InChI=1S/C20H17ClN4O2/c1-12-19(21)13(2)25(23-12)15-9-7-14(8-10-15)20(27)24-11-18(26)22-16-5-3-4-6-17(16)24/h3-10H,11H2,1-2H3,(H,22,26). The first-order valence-electron chi connectivity index (χ1n) is 8.48. The molecule has 2 amide bonds. The Morgan fingerprint density at radius 3 is 2.48 bits per heavy atom. The zero-order chi connectivity index (χ0) is 19.1. The van der Waals surface area contributed by atoms with Crippen LogP contribution in [0.15, 0.2) is 48.5 Å². The number of carbonyl (C=O) groups excluding carboxylic acids is 2. The number of para-hydroxylation sites is 2. The molecule has 0 fully saturated rings. The Hall–Kier alpha value is -3.12. The van der Waals surface area contributed by atoms with E-state index in [1.807, 2.05) is 44.2 Å². The van der Waals surface area contributed by atoms with Crippen LogP contribution in [-0.2, 0) is 4.79 Å². The minimum atomic E-state index is -0.227. The lowest BCUT2D eigenvalue weighted by Crippen LogP contribution is -2.42. The number of fused-ring (bicyclic) bond motifs is 1. The van der Waals surface area contributed by atoms with Gasteiger partial charge in [-0.05, 0) is 50.2 Å². The zero-order valence-electron chi connectivity index (χ0n) is 14.9. The first-order chi connectivity index (χ1) is 13.0. The summed E-state index contributed by atoms with van der Waals surface area (Å²) < 4.78 is 1.75. The number of hydrogen-bond acceptors (Lipinski definition) is 3. The molecule has 2 heterocycles. The molecular weight excluding hydrogens is 364 g/mol. The lowest BCUT2D eigenvalue weighted by atomic mass is 10.1. The van der Waals surface area contributed by atoms with E-state index >= 15 is 0 Å². The van der Waals surface area contributed by atoms with Crippen molar-refractivity contribution < 1.29 is 9.59 Å². The number of amides is 2. The van der Waals surface area contributed by atoms with Gasteiger partial charge in [0.25, 0.3) is 5.91 Å². The fourth-order valence-electron chi connectivity index (χ4n) is 3.19. The summed E-state index contributed by atoms with van der Waals surface area (Å²) in [7, 11) is 0. The Morgan fingerprint density at radius 1 is 1.11 bits per heavy atom. The minimum absolute atomic E-state index is 0.00926. The van der Waals surface area contributed by atoms with Crippen molar-refractivity contribution in [3.63, 3.8) is 0 Å². The number of aromatic nitrogens is 2. The van der Waals surface area contributed by atoms with E-state index in [1.165, 1.54) is 4.90 Å². The number of carbonyl (C=O) groups is 2. The van der Waals surface area contributed by atoms with Crippen molar-refractivity contribution in [3.05, 3.63) is 70.5 Å². The number of benzene rings is 2. The lowest BCUT2D eigenvalue weighted by molar-refractivity contribution is -0.115.